The lowest BCUT2D eigenvalue weighted by Gasteiger charge is -2.18. The van der Waals surface area contributed by atoms with Gasteiger partial charge in [0.15, 0.2) is 0 Å². The normalized spacial score (nSPS) is 11.3. The summed E-state index contributed by atoms with van der Waals surface area (Å²) in [5.41, 5.74) is 1.24. The highest BCUT2D eigenvalue weighted by Gasteiger charge is 2.14. The predicted molar refractivity (Wildman–Crippen MR) is 80.1 cm³/mol. The summed E-state index contributed by atoms with van der Waals surface area (Å²) in [6.45, 7) is 3.15. The van der Waals surface area contributed by atoms with Gasteiger partial charge in [0.05, 0.1) is 6.33 Å². The first-order valence-electron chi connectivity index (χ1n) is 6.58. The van der Waals surface area contributed by atoms with Gasteiger partial charge in [-0.1, -0.05) is 43.1 Å². The second-order valence-electron chi connectivity index (χ2n) is 4.50. The average molecular weight is 312 g/mol. The predicted octanol–water partition coefficient (Wildman–Crippen LogP) is 3.77. The molecule has 0 aliphatic rings. The van der Waals surface area contributed by atoms with Crippen LogP contribution in [0.2, 0.25) is 5.02 Å². The van der Waals surface area contributed by atoms with E-state index in [1.54, 1.807) is 0 Å². The first kappa shape index (κ1) is 17.0. The van der Waals surface area contributed by atoms with Crippen molar-refractivity contribution >= 4 is 11.6 Å². The van der Waals surface area contributed by atoms with Crippen molar-refractivity contribution in [1.82, 2.24) is 9.55 Å². The van der Waals surface area contributed by atoms with Crippen LogP contribution in [0.4, 0.5) is 0 Å². The van der Waals surface area contributed by atoms with Gasteiger partial charge >= 0.3 is 0 Å². The van der Waals surface area contributed by atoms with Crippen molar-refractivity contribution in [2.24, 2.45) is 0 Å². The topological polar surface area (TPSA) is 81.2 Å². The fraction of sp³-hybridized carbons (Fsp3) is 0.357. The van der Waals surface area contributed by atoms with Crippen molar-refractivity contribution < 1.29 is 10.3 Å². The third-order valence-electron chi connectivity index (χ3n) is 2.97. The van der Waals surface area contributed by atoms with Crippen LogP contribution in [0, 0.1) is 10.1 Å². The van der Waals surface area contributed by atoms with E-state index in [0.717, 1.165) is 24.4 Å². The van der Waals surface area contributed by atoms with Crippen LogP contribution >= 0.6 is 11.6 Å². The van der Waals surface area contributed by atoms with E-state index in [-0.39, 0.29) is 0 Å². The number of nitrogens with zero attached hydrogens (tertiary/aromatic N) is 3. The molecular formula is C14H18ClN3O3. The SMILES string of the molecule is CCCC(Cn1ccnc1)c1ccccc1Cl.O=[N+]([O-])O. The largest absolute Gasteiger partial charge is 0.337 e. The molecule has 114 valence electrons. The molecule has 0 radical (unpaired) electrons. The summed E-state index contributed by atoms with van der Waals surface area (Å²) in [5, 5.41) is 14.5. The minimum Gasteiger partial charge on any atom is -0.337 e. The van der Waals surface area contributed by atoms with Crippen LogP contribution in [-0.4, -0.2) is 19.8 Å². The minimum atomic E-state index is -1.50. The molecule has 7 heteroatoms. The lowest BCUT2D eigenvalue weighted by atomic mass is 9.94. The molecule has 2 aromatic rings. The summed E-state index contributed by atoms with van der Waals surface area (Å²) in [5.74, 6) is 0.461. The fourth-order valence-electron chi connectivity index (χ4n) is 2.15. The third kappa shape index (κ3) is 6.27. The molecule has 6 nitrogen and oxygen atoms in total. The van der Waals surface area contributed by atoms with E-state index in [4.69, 9.17) is 26.9 Å². The van der Waals surface area contributed by atoms with Crippen LogP contribution in [-0.2, 0) is 6.54 Å². The summed E-state index contributed by atoms with van der Waals surface area (Å²) in [6.07, 6.45) is 7.97. The summed E-state index contributed by atoms with van der Waals surface area (Å²) in [4.78, 5) is 12.4. The van der Waals surface area contributed by atoms with Crippen molar-refractivity contribution in [1.29, 1.82) is 0 Å². The van der Waals surface area contributed by atoms with E-state index in [1.807, 2.05) is 30.9 Å². The number of hydrogen-bond acceptors (Lipinski definition) is 3. The van der Waals surface area contributed by atoms with Gasteiger partial charge in [-0.25, -0.2) is 4.98 Å². The standard InChI is InChI=1S/C14H17ClN2.HNO3/c1-2-5-12(10-17-9-8-16-11-17)13-6-3-4-7-14(13)15;2-1(3)4/h3-4,6-9,11-12H,2,5,10H2,1H3;(H,2,3,4). The Hall–Kier alpha value is -2.08. The molecule has 0 amide bonds. The van der Waals surface area contributed by atoms with Crippen molar-refractivity contribution in [3.05, 3.63) is 63.7 Å². The molecule has 0 aliphatic heterocycles. The van der Waals surface area contributed by atoms with Crippen molar-refractivity contribution in [3.63, 3.8) is 0 Å². The van der Waals surface area contributed by atoms with Gasteiger partial charge in [-0.3, -0.25) is 0 Å². The molecule has 1 N–H and O–H groups in total. The Morgan fingerprint density at radius 1 is 1.48 bits per heavy atom. The van der Waals surface area contributed by atoms with E-state index < -0.39 is 5.09 Å². The summed E-state index contributed by atoms with van der Waals surface area (Å²) in [7, 11) is 0. The van der Waals surface area contributed by atoms with Gasteiger partial charge in [-0.05, 0) is 18.1 Å². The van der Waals surface area contributed by atoms with Crippen molar-refractivity contribution in [3.8, 4) is 0 Å². The highest BCUT2D eigenvalue weighted by atomic mass is 35.5. The second-order valence-corrected chi connectivity index (χ2v) is 4.91. The zero-order valence-electron chi connectivity index (χ0n) is 11.7. The smallest absolute Gasteiger partial charge is 0.291 e. The zero-order valence-corrected chi connectivity index (χ0v) is 12.5. The highest BCUT2D eigenvalue weighted by molar-refractivity contribution is 6.31. The second kappa shape index (κ2) is 8.97. The number of benzene rings is 1. The Morgan fingerprint density at radius 2 is 2.14 bits per heavy atom. The molecule has 1 aromatic carbocycles. The number of hydrogen-bond donors (Lipinski definition) is 1. The molecule has 21 heavy (non-hydrogen) atoms. The van der Waals surface area contributed by atoms with E-state index in [0.29, 0.717) is 5.92 Å². The van der Waals surface area contributed by atoms with Gasteiger partial charge in [0.2, 0.25) is 0 Å². The number of aromatic nitrogens is 2. The van der Waals surface area contributed by atoms with Gasteiger partial charge in [-0.2, -0.15) is 0 Å². The quantitative estimate of drug-likeness (QED) is 0.673. The molecule has 1 heterocycles. The van der Waals surface area contributed by atoms with Gasteiger partial charge < -0.3 is 9.77 Å². The van der Waals surface area contributed by atoms with E-state index in [2.05, 4.69) is 28.6 Å². The monoisotopic (exact) mass is 311 g/mol. The van der Waals surface area contributed by atoms with Gasteiger partial charge in [0.25, 0.3) is 5.09 Å². The number of imidazole rings is 1. The maximum Gasteiger partial charge on any atom is 0.291 e. The van der Waals surface area contributed by atoms with Crippen LogP contribution in [0.3, 0.4) is 0 Å². The highest BCUT2D eigenvalue weighted by Crippen LogP contribution is 2.29. The Bertz CT molecular complexity index is 542. The van der Waals surface area contributed by atoms with Crippen molar-refractivity contribution in [2.75, 3.05) is 0 Å². The summed E-state index contributed by atoms with van der Waals surface area (Å²) < 4.78 is 2.11. The molecule has 0 bridgehead atoms. The molecule has 0 saturated carbocycles. The van der Waals surface area contributed by atoms with Crippen LogP contribution in [0.5, 0.6) is 0 Å². The van der Waals surface area contributed by atoms with Gasteiger partial charge in [0.1, 0.15) is 0 Å². The van der Waals surface area contributed by atoms with Crippen LogP contribution in [0.1, 0.15) is 31.2 Å². The lowest BCUT2D eigenvalue weighted by molar-refractivity contribution is -0.742. The Morgan fingerprint density at radius 3 is 2.67 bits per heavy atom. The van der Waals surface area contributed by atoms with E-state index in [9.17, 15) is 0 Å². The molecule has 0 saturated heterocycles. The molecule has 0 fully saturated rings. The molecular weight excluding hydrogens is 294 g/mol. The Kier molecular flexibility index (Phi) is 7.25. The zero-order chi connectivity index (χ0) is 15.7. The van der Waals surface area contributed by atoms with Crippen LogP contribution in [0.25, 0.3) is 0 Å². The van der Waals surface area contributed by atoms with Crippen molar-refractivity contribution in [2.45, 2.75) is 32.2 Å². The lowest BCUT2D eigenvalue weighted by Crippen LogP contribution is -2.08. The van der Waals surface area contributed by atoms with E-state index >= 15 is 0 Å². The summed E-state index contributed by atoms with van der Waals surface area (Å²) >= 11 is 6.27. The molecule has 2 rings (SSSR count). The molecule has 0 spiro atoms. The maximum absolute atomic E-state index is 8.36. The fourth-order valence-corrected chi connectivity index (χ4v) is 2.44. The minimum absolute atomic E-state index is 0.461. The first-order valence-corrected chi connectivity index (χ1v) is 6.95. The Labute approximate surface area is 128 Å². The molecule has 1 atom stereocenters. The maximum atomic E-state index is 8.36. The van der Waals surface area contributed by atoms with E-state index in [1.165, 1.54) is 5.56 Å². The molecule has 1 unspecified atom stereocenters. The number of rotatable bonds is 5. The summed E-state index contributed by atoms with van der Waals surface area (Å²) in [6, 6.07) is 8.12. The molecule has 0 aliphatic carbocycles. The molecule has 1 aromatic heterocycles. The van der Waals surface area contributed by atoms with Crippen LogP contribution < -0.4 is 0 Å². The first-order chi connectivity index (χ1) is 10.0. The number of halogens is 1. The van der Waals surface area contributed by atoms with Gasteiger partial charge in [-0.15, -0.1) is 10.1 Å². The third-order valence-corrected chi connectivity index (χ3v) is 3.32. The van der Waals surface area contributed by atoms with Crippen LogP contribution in [0.15, 0.2) is 43.0 Å². The average Bonchev–Trinajstić information content (AvgIpc) is 2.91. The van der Waals surface area contributed by atoms with Gasteiger partial charge in [0, 0.05) is 29.9 Å². The Balaban J connectivity index is 0.000000491.